The summed E-state index contributed by atoms with van der Waals surface area (Å²) in [7, 11) is 1.64. The molecular formula is C21H46NO5S+. The predicted molar refractivity (Wildman–Crippen MR) is 117 cm³/mol. The SMILES string of the molecule is CCCCCCCCCCCCCCCC(=O)C(C)[N+](C)(C)C.O=S(=O)(O)O. The first-order chi connectivity index (χ1) is 12.9. The van der Waals surface area contributed by atoms with Crippen molar-refractivity contribution in [3.63, 3.8) is 0 Å². The van der Waals surface area contributed by atoms with Crippen molar-refractivity contribution < 1.29 is 26.8 Å². The van der Waals surface area contributed by atoms with E-state index in [-0.39, 0.29) is 6.04 Å². The summed E-state index contributed by atoms with van der Waals surface area (Å²) >= 11 is 0. The van der Waals surface area contributed by atoms with Crippen molar-refractivity contribution in [1.82, 2.24) is 0 Å². The Balaban J connectivity index is 0. The molecule has 0 aromatic heterocycles. The van der Waals surface area contributed by atoms with Gasteiger partial charge in [-0.1, -0.05) is 84.0 Å². The number of ketones is 1. The van der Waals surface area contributed by atoms with Crippen LogP contribution in [0.2, 0.25) is 0 Å². The average molecular weight is 425 g/mol. The lowest BCUT2D eigenvalue weighted by Gasteiger charge is -2.30. The van der Waals surface area contributed by atoms with Gasteiger partial charge in [-0.25, -0.2) is 0 Å². The van der Waals surface area contributed by atoms with Crippen LogP contribution in [0.3, 0.4) is 0 Å². The molecule has 6 nitrogen and oxygen atoms in total. The summed E-state index contributed by atoms with van der Waals surface area (Å²) in [6, 6.07) is 0.132. The smallest absolute Gasteiger partial charge is 0.323 e. The van der Waals surface area contributed by atoms with E-state index in [9.17, 15) is 4.79 Å². The molecule has 0 radical (unpaired) electrons. The predicted octanol–water partition coefficient (Wildman–Crippen LogP) is 5.48. The fourth-order valence-electron chi connectivity index (χ4n) is 2.96. The van der Waals surface area contributed by atoms with E-state index in [0.29, 0.717) is 5.78 Å². The molecule has 0 spiro atoms. The van der Waals surface area contributed by atoms with Crippen LogP contribution in [0.4, 0.5) is 0 Å². The highest BCUT2D eigenvalue weighted by Gasteiger charge is 2.25. The summed E-state index contributed by atoms with van der Waals surface area (Å²) < 4.78 is 32.3. The zero-order valence-electron chi connectivity index (χ0n) is 19.0. The number of unbranched alkanes of at least 4 members (excludes halogenated alkanes) is 12. The Kier molecular flexibility index (Phi) is 18.4. The molecule has 0 heterocycles. The van der Waals surface area contributed by atoms with Crippen molar-refractivity contribution >= 4 is 16.2 Å². The molecule has 0 aliphatic carbocycles. The summed E-state index contributed by atoms with van der Waals surface area (Å²) in [6.07, 6.45) is 18.5. The van der Waals surface area contributed by atoms with Crippen LogP contribution >= 0.6 is 0 Å². The number of rotatable bonds is 16. The van der Waals surface area contributed by atoms with Crippen LogP contribution in [-0.4, -0.2) is 55.0 Å². The van der Waals surface area contributed by atoms with Crippen molar-refractivity contribution in [1.29, 1.82) is 0 Å². The number of hydrogen-bond acceptors (Lipinski definition) is 3. The van der Waals surface area contributed by atoms with Gasteiger partial charge in [0.15, 0.2) is 5.78 Å². The van der Waals surface area contributed by atoms with E-state index in [1.807, 2.05) is 0 Å². The molecule has 1 atom stereocenters. The van der Waals surface area contributed by atoms with E-state index in [2.05, 4.69) is 35.0 Å². The van der Waals surface area contributed by atoms with Gasteiger partial charge in [0.05, 0.1) is 21.1 Å². The van der Waals surface area contributed by atoms with Gasteiger partial charge in [-0.3, -0.25) is 13.9 Å². The van der Waals surface area contributed by atoms with Crippen molar-refractivity contribution in [2.75, 3.05) is 21.1 Å². The maximum Gasteiger partial charge on any atom is 0.394 e. The molecule has 0 rings (SSSR count). The molecule has 0 saturated carbocycles. The second-order valence-corrected chi connectivity index (χ2v) is 9.59. The van der Waals surface area contributed by atoms with Gasteiger partial charge >= 0.3 is 10.4 Å². The highest BCUT2D eigenvalue weighted by atomic mass is 32.3. The second kappa shape index (κ2) is 17.4. The van der Waals surface area contributed by atoms with Gasteiger partial charge < -0.3 is 4.48 Å². The van der Waals surface area contributed by atoms with Crippen molar-refractivity contribution in [3.8, 4) is 0 Å². The Labute approximate surface area is 174 Å². The molecule has 170 valence electrons. The number of hydrogen-bond donors (Lipinski definition) is 2. The number of nitrogens with zero attached hydrogens (tertiary/aromatic N) is 1. The number of carbonyl (C=O) groups is 1. The lowest BCUT2D eigenvalue weighted by molar-refractivity contribution is -0.884. The molecule has 1 unspecified atom stereocenters. The fraction of sp³-hybridized carbons (Fsp3) is 0.952. The summed E-state index contributed by atoms with van der Waals surface area (Å²) in [5, 5.41) is 0. The molecule has 0 aliphatic rings. The number of carbonyl (C=O) groups excluding carboxylic acids is 1. The van der Waals surface area contributed by atoms with Gasteiger partial charge in [-0.15, -0.1) is 0 Å². The van der Waals surface area contributed by atoms with Gasteiger partial charge in [-0.05, 0) is 13.3 Å². The molecule has 7 heteroatoms. The molecule has 0 saturated heterocycles. The third-order valence-electron chi connectivity index (χ3n) is 5.15. The molecule has 0 aliphatic heterocycles. The third kappa shape index (κ3) is 25.5. The van der Waals surface area contributed by atoms with Crippen LogP contribution in [-0.2, 0) is 15.2 Å². The molecular weight excluding hydrogens is 378 g/mol. The minimum atomic E-state index is -4.67. The van der Waals surface area contributed by atoms with Gasteiger partial charge in [-0.2, -0.15) is 8.42 Å². The Morgan fingerprint density at radius 3 is 1.32 bits per heavy atom. The van der Waals surface area contributed by atoms with Gasteiger partial charge in [0.2, 0.25) is 0 Å². The minimum Gasteiger partial charge on any atom is -0.323 e. The molecule has 2 N–H and O–H groups in total. The highest BCUT2D eigenvalue weighted by molar-refractivity contribution is 7.79. The zero-order valence-corrected chi connectivity index (χ0v) is 19.8. The molecule has 0 fully saturated rings. The molecule has 0 aromatic carbocycles. The van der Waals surface area contributed by atoms with E-state index in [1.54, 1.807) is 0 Å². The number of likely N-dealkylation sites (N-methyl/N-ethyl adjacent to an activating group) is 1. The average Bonchev–Trinajstić information content (AvgIpc) is 2.55. The maximum atomic E-state index is 12.1. The first-order valence-corrected chi connectivity index (χ1v) is 12.3. The Morgan fingerprint density at radius 1 is 0.750 bits per heavy atom. The van der Waals surface area contributed by atoms with E-state index in [0.717, 1.165) is 17.3 Å². The van der Waals surface area contributed by atoms with Crippen LogP contribution < -0.4 is 0 Å². The molecule has 0 aromatic rings. The Bertz CT molecular complexity index is 464. The van der Waals surface area contributed by atoms with Crippen LogP contribution in [0.25, 0.3) is 0 Å². The topological polar surface area (TPSA) is 91.7 Å². The standard InChI is InChI=1S/C21H44NO.H2O4S/c1-6-7-8-9-10-11-12-13-14-15-16-17-18-19-21(23)20(2)22(3,4)5;1-5(2,3)4/h20H,6-19H2,1-5H3;(H2,1,2,3,4)/q+1;. The van der Waals surface area contributed by atoms with E-state index in [4.69, 9.17) is 17.5 Å². The number of quaternary nitrogens is 1. The number of Topliss-reactive ketones (excluding diaryl/α,β-unsaturated/α-hetero) is 1. The highest BCUT2D eigenvalue weighted by Crippen LogP contribution is 2.14. The van der Waals surface area contributed by atoms with E-state index >= 15 is 0 Å². The van der Waals surface area contributed by atoms with Crippen molar-refractivity contribution in [2.45, 2.75) is 110 Å². The normalized spacial score (nSPS) is 13.0. The lowest BCUT2D eigenvalue weighted by atomic mass is 10.0. The van der Waals surface area contributed by atoms with Crippen molar-refractivity contribution in [3.05, 3.63) is 0 Å². The summed E-state index contributed by atoms with van der Waals surface area (Å²) in [5.74, 6) is 0.431. The first kappa shape index (κ1) is 29.7. The Morgan fingerprint density at radius 2 is 1.04 bits per heavy atom. The third-order valence-corrected chi connectivity index (χ3v) is 5.15. The quantitative estimate of drug-likeness (QED) is 0.194. The van der Waals surface area contributed by atoms with Crippen LogP contribution in [0.5, 0.6) is 0 Å². The summed E-state index contributed by atoms with van der Waals surface area (Å²) in [5.41, 5.74) is 0. The Hall–Kier alpha value is -0.500. The maximum absolute atomic E-state index is 12.1. The van der Waals surface area contributed by atoms with Crippen LogP contribution in [0.15, 0.2) is 0 Å². The second-order valence-electron chi connectivity index (χ2n) is 8.70. The van der Waals surface area contributed by atoms with Gasteiger partial charge in [0, 0.05) is 6.42 Å². The van der Waals surface area contributed by atoms with Crippen LogP contribution in [0, 0.1) is 0 Å². The van der Waals surface area contributed by atoms with Gasteiger partial charge in [0.1, 0.15) is 6.04 Å². The largest absolute Gasteiger partial charge is 0.394 e. The summed E-state index contributed by atoms with van der Waals surface area (Å²) in [4.78, 5) is 12.1. The van der Waals surface area contributed by atoms with Crippen molar-refractivity contribution in [2.24, 2.45) is 0 Å². The molecule has 28 heavy (non-hydrogen) atoms. The minimum absolute atomic E-state index is 0.132. The van der Waals surface area contributed by atoms with E-state index < -0.39 is 10.4 Å². The lowest BCUT2D eigenvalue weighted by Crippen LogP contribution is -2.47. The molecule has 0 amide bonds. The zero-order chi connectivity index (χ0) is 22.1. The van der Waals surface area contributed by atoms with E-state index in [1.165, 1.54) is 77.0 Å². The van der Waals surface area contributed by atoms with Crippen LogP contribution in [0.1, 0.15) is 104 Å². The van der Waals surface area contributed by atoms with Gasteiger partial charge in [0.25, 0.3) is 0 Å². The molecule has 0 bridgehead atoms. The first-order valence-electron chi connectivity index (χ1n) is 10.9. The summed E-state index contributed by atoms with van der Waals surface area (Å²) in [6.45, 7) is 4.34. The fourth-order valence-corrected chi connectivity index (χ4v) is 2.96. The monoisotopic (exact) mass is 424 g/mol.